The van der Waals surface area contributed by atoms with Gasteiger partial charge in [-0.15, -0.1) is 0 Å². The van der Waals surface area contributed by atoms with Crippen LogP contribution in [0.25, 0.3) is 0 Å². The Balaban J connectivity index is 2.08. The van der Waals surface area contributed by atoms with Crippen LogP contribution in [-0.4, -0.2) is 5.91 Å². The van der Waals surface area contributed by atoms with Crippen LogP contribution < -0.4 is 5.32 Å². The van der Waals surface area contributed by atoms with Crippen LogP contribution in [0.5, 0.6) is 0 Å². The predicted octanol–water partition coefficient (Wildman–Crippen LogP) is 6.85. The average Bonchev–Trinajstić information content (AvgIpc) is 2.50. The number of anilines is 1. The number of unbranched alkanes of at least 4 members (excludes halogenated alkanes) is 8. The molecule has 22 heavy (non-hydrogen) atoms. The van der Waals surface area contributed by atoms with Crippen molar-refractivity contribution >= 4 is 34.8 Å². The first-order valence-corrected chi connectivity index (χ1v) is 9.14. The van der Waals surface area contributed by atoms with Crippen LogP contribution in [-0.2, 0) is 4.79 Å². The monoisotopic (exact) mass is 343 g/mol. The molecule has 0 bridgehead atoms. The highest BCUT2D eigenvalue weighted by Crippen LogP contribution is 2.29. The third-order valence-corrected chi connectivity index (χ3v) is 4.55. The molecule has 0 unspecified atom stereocenters. The summed E-state index contributed by atoms with van der Waals surface area (Å²) in [6, 6.07) is 5.25. The van der Waals surface area contributed by atoms with E-state index in [4.69, 9.17) is 23.2 Å². The molecule has 124 valence electrons. The number of carbonyl (C=O) groups is 1. The molecule has 4 heteroatoms. The first kappa shape index (κ1) is 19.3. The summed E-state index contributed by atoms with van der Waals surface area (Å²) >= 11 is 12.0. The van der Waals surface area contributed by atoms with Gasteiger partial charge in [0.2, 0.25) is 5.91 Å². The molecular weight excluding hydrogens is 317 g/mol. The molecule has 1 N–H and O–H groups in total. The van der Waals surface area contributed by atoms with Gasteiger partial charge in [0.1, 0.15) is 0 Å². The smallest absolute Gasteiger partial charge is 0.224 e. The lowest BCUT2D eigenvalue weighted by Crippen LogP contribution is -2.11. The lowest BCUT2D eigenvalue weighted by molar-refractivity contribution is -0.116. The molecular formula is C18H27Cl2NO. The van der Waals surface area contributed by atoms with Gasteiger partial charge >= 0.3 is 0 Å². The second kappa shape index (κ2) is 11.8. The molecule has 0 saturated carbocycles. The van der Waals surface area contributed by atoms with Crippen molar-refractivity contribution < 1.29 is 4.79 Å². The highest BCUT2D eigenvalue weighted by atomic mass is 35.5. The summed E-state index contributed by atoms with van der Waals surface area (Å²) in [4.78, 5) is 11.9. The molecule has 0 spiro atoms. The Morgan fingerprint density at radius 2 is 1.55 bits per heavy atom. The molecule has 0 aliphatic carbocycles. The second-order valence-electron chi connectivity index (χ2n) is 5.73. The van der Waals surface area contributed by atoms with E-state index in [0.29, 0.717) is 22.2 Å². The maximum absolute atomic E-state index is 11.9. The number of amides is 1. The Morgan fingerprint density at radius 3 is 2.18 bits per heavy atom. The van der Waals surface area contributed by atoms with Crippen molar-refractivity contribution in [2.75, 3.05) is 5.32 Å². The van der Waals surface area contributed by atoms with Gasteiger partial charge in [0.05, 0.1) is 15.7 Å². The molecule has 1 aromatic rings. The van der Waals surface area contributed by atoms with Gasteiger partial charge in [-0.2, -0.15) is 0 Å². The first-order chi connectivity index (χ1) is 10.6. The molecule has 1 amide bonds. The van der Waals surface area contributed by atoms with E-state index in [2.05, 4.69) is 12.2 Å². The van der Waals surface area contributed by atoms with Crippen LogP contribution in [0.1, 0.15) is 71.1 Å². The minimum absolute atomic E-state index is 0.00659. The summed E-state index contributed by atoms with van der Waals surface area (Å²) in [6.07, 6.45) is 11.8. The Bertz CT molecular complexity index is 449. The maximum Gasteiger partial charge on any atom is 0.224 e. The number of nitrogens with one attached hydrogen (secondary N) is 1. The highest BCUT2D eigenvalue weighted by Gasteiger charge is 2.07. The van der Waals surface area contributed by atoms with Gasteiger partial charge in [-0.05, 0) is 18.6 Å². The largest absolute Gasteiger partial charge is 0.325 e. The molecule has 0 saturated heterocycles. The summed E-state index contributed by atoms with van der Waals surface area (Å²) in [5.41, 5.74) is 0.593. The predicted molar refractivity (Wildman–Crippen MR) is 96.9 cm³/mol. The third kappa shape index (κ3) is 8.05. The van der Waals surface area contributed by atoms with E-state index in [1.165, 1.54) is 44.9 Å². The van der Waals surface area contributed by atoms with Crippen molar-refractivity contribution in [1.29, 1.82) is 0 Å². The molecule has 0 aliphatic heterocycles. The summed E-state index contributed by atoms with van der Waals surface area (Å²) in [6.45, 7) is 2.24. The summed E-state index contributed by atoms with van der Waals surface area (Å²) < 4.78 is 0. The topological polar surface area (TPSA) is 29.1 Å². The van der Waals surface area contributed by atoms with E-state index in [1.54, 1.807) is 18.2 Å². The fourth-order valence-electron chi connectivity index (χ4n) is 2.41. The zero-order valence-electron chi connectivity index (χ0n) is 13.5. The van der Waals surface area contributed by atoms with Gasteiger partial charge in [0.25, 0.3) is 0 Å². The lowest BCUT2D eigenvalue weighted by atomic mass is 10.1. The number of carbonyl (C=O) groups excluding carboxylic acids is 1. The summed E-state index contributed by atoms with van der Waals surface area (Å²) in [5, 5.41) is 3.69. The minimum atomic E-state index is 0.00659. The molecule has 1 rings (SSSR count). The number of benzene rings is 1. The molecule has 1 aromatic carbocycles. The Labute approximate surface area is 144 Å². The second-order valence-corrected chi connectivity index (χ2v) is 6.51. The number of halogens is 2. The van der Waals surface area contributed by atoms with E-state index in [9.17, 15) is 4.79 Å². The van der Waals surface area contributed by atoms with Crippen LogP contribution in [0.3, 0.4) is 0 Å². The van der Waals surface area contributed by atoms with Crippen molar-refractivity contribution in [2.45, 2.75) is 71.1 Å². The first-order valence-electron chi connectivity index (χ1n) is 8.39. The molecule has 2 nitrogen and oxygen atoms in total. The van der Waals surface area contributed by atoms with Crippen LogP contribution in [0.15, 0.2) is 18.2 Å². The van der Waals surface area contributed by atoms with E-state index < -0.39 is 0 Å². The van der Waals surface area contributed by atoms with E-state index in [1.807, 2.05) is 0 Å². The van der Waals surface area contributed by atoms with Crippen molar-refractivity contribution in [3.63, 3.8) is 0 Å². The fourth-order valence-corrected chi connectivity index (χ4v) is 2.76. The van der Waals surface area contributed by atoms with Crippen molar-refractivity contribution in [1.82, 2.24) is 0 Å². The van der Waals surface area contributed by atoms with Gasteiger partial charge in [-0.25, -0.2) is 0 Å². The quantitative estimate of drug-likeness (QED) is 0.437. The third-order valence-electron chi connectivity index (χ3n) is 3.73. The molecule has 0 aliphatic rings. The molecule has 0 aromatic heterocycles. The van der Waals surface area contributed by atoms with Gasteiger partial charge in [0, 0.05) is 6.42 Å². The van der Waals surface area contributed by atoms with Crippen LogP contribution in [0, 0.1) is 0 Å². The zero-order valence-corrected chi connectivity index (χ0v) is 15.0. The van der Waals surface area contributed by atoms with Crippen LogP contribution in [0.4, 0.5) is 5.69 Å². The molecule has 0 heterocycles. The average molecular weight is 344 g/mol. The van der Waals surface area contributed by atoms with E-state index in [0.717, 1.165) is 12.8 Å². The van der Waals surface area contributed by atoms with Gasteiger partial charge < -0.3 is 5.32 Å². The Hall–Kier alpha value is -0.730. The van der Waals surface area contributed by atoms with Crippen LogP contribution >= 0.6 is 23.2 Å². The molecule has 0 fully saturated rings. The van der Waals surface area contributed by atoms with E-state index in [-0.39, 0.29) is 5.91 Å². The van der Waals surface area contributed by atoms with Gasteiger partial charge in [-0.3, -0.25) is 4.79 Å². The molecule has 0 radical (unpaired) electrons. The number of hydrogen-bond acceptors (Lipinski definition) is 1. The van der Waals surface area contributed by atoms with Gasteiger partial charge in [0.15, 0.2) is 0 Å². The Morgan fingerprint density at radius 1 is 0.955 bits per heavy atom. The van der Waals surface area contributed by atoms with Crippen molar-refractivity contribution in [3.8, 4) is 0 Å². The SMILES string of the molecule is CCCCCCCCCCCC(=O)Nc1cccc(Cl)c1Cl. The lowest BCUT2D eigenvalue weighted by Gasteiger charge is -2.08. The number of rotatable bonds is 11. The van der Waals surface area contributed by atoms with E-state index >= 15 is 0 Å². The number of hydrogen-bond donors (Lipinski definition) is 1. The normalized spacial score (nSPS) is 10.7. The highest BCUT2D eigenvalue weighted by molar-refractivity contribution is 6.43. The van der Waals surface area contributed by atoms with Crippen molar-refractivity contribution in [2.24, 2.45) is 0 Å². The maximum atomic E-state index is 11.9. The fraction of sp³-hybridized carbons (Fsp3) is 0.611. The van der Waals surface area contributed by atoms with Crippen molar-refractivity contribution in [3.05, 3.63) is 28.2 Å². The Kier molecular flexibility index (Phi) is 10.3. The summed E-state index contributed by atoms with van der Waals surface area (Å²) in [7, 11) is 0. The molecule has 0 atom stereocenters. The summed E-state index contributed by atoms with van der Waals surface area (Å²) in [5.74, 6) is 0.00659. The van der Waals surface area contributed by atoms with Gasteiger partial charge in [-0.1, -0.05) is 87.6 Å². The van der Waals surface area contributed by atoms with Crippen LogP contribution in [0.2, 0.25) is 10.0 Å². The zero-order chi connectivity index (χ0) is 16.2. The minimum Gasteiger partial charge on any atom is -0.325 e. The standard InChI is InChI=1S/C18H27Cl2NO/c1-2-3-4-5-6-7-8-9-10-14-17(22)21-16-13-11-12-15(19)18(16)20/h11-13H,2-10,14H2,1H3,(H,21,22).